The Morgan fingerprint density at radius 3 is 2.69 bits per heavy atom. The molecule has 6 heteroatoms. The molecule has 0 aliphatic rings. The van der Waals surface area contributed by atoms with Gasteiger partial charge in [0.1, 0.15) is 5.69 Å². The molecular weight excluding hydrogens is 290 g/mol. The van der Waals surface area contributed by atoms with Crippen LogP contribution in [0.25, 0.3) is 0 Å². The van der Waals surface area contributed by atoms with E-state index in [2.05, 4.69) is 20.9 Å². The second-order valence-electron chi connectivity index (χ2n) is 3.36. The number of rotatable bonds is 3. The maximum Gasteiger partial charge on any atom is 0.272 e. The van der Waals surface area contributed by atoms with E-state index < -0.39 is 0 Å². The van der Waals surface area contributed by atoms with Crippen molar-refractivity contribution in [3.05, 3.63) is 28.5 Å². The van der Waals surface area contributed by atoms with Gasteiger partial charge in [-0.1, -0.05) is 12.2 Å². The highest BCUT2D eigenvalue weighted by Crippen LogP contribution is 2.10. The van der Waals surface area contributed by atoms with Crippen molar-refractivity contribution in [1.82, 2.24) is 9.88 Å². The Labute approximate surface area is 108 Å². The highest BCUT2D eigenvalue weighted by molar-refractivity contribution is 9.10. The van der Waals surface area contributed by atoms with Gasteiger partial charge in [0, 0.05) is 17.7 Å². The smallest absolute Gasteiger partial charge is 0.272 e. The number of hydrogen-bond acceptors (Lipinski definition) is 3. The van der Waals surface area contributed by atoms with Crippen LogP contribution in [0.4, 0.5) is 0 Å². The molecule has 0 saturated heterocycles. The molecule has 4 nitrogen and oxygen atoms in total. The molecule has 0 radical (unpaired) electrons. The van der Waals surface area contributed by atoms with Crippen LogP contribution in [0.15, 0.2) is 22.8 Å². The van der Waals surface area contributed by atoms with Gasteiger partial charge in [0.2, 0.25) is 0 Å². The molecule has 1 rings (SSSR count). The summed E-state index contributed by atoms with van der Waals surface area (Å²) >= 11 is 8.10. The van der Waals surface area contributed by atoms with E-state index in [0.29, 0.717) is 5.69 Å². The molecule has 1 aromatic heterocycles. The minimum atomic E-state index is -0.284. The van der Waals surface area contributed by atoms with Gasteiger partial charge in [-0.3, -0.25) is 4.79 Å². The Bertz CT molecular complexity index is 407. The van der Waals surface area contributed by atoms with Gasteiger partial charge in [0.05, 0.1) is 11.0 Å². The number of pyridine rings is 1. The molecule has 1 unspecified atom stereocenters. The molecule has 16 heavy (non-hydrogen) atoms. The molecule has 0 bridgehead atoms. The van der Waals surface area contributed by atoms with Crippen LogP contribution in [-0.2, 0) is 0 Å². The number of likely N-dealkylation sites (N-methyl/N-ethyl adjacent to an activating group) is 1. The maximum absolute atomic E-state index is 11.9. The van der Waals surface area contributed by atoms with Crippen LogP contribution in [0.2, 0.25) is 0 Å². The Morgan fingerprint density at radius 1 is 1.62 bits per heavy atom. The van der Waals surface area contributed by atoms with Crippen molar-refractivity contribution >= 4 is 39.0 Å². The minimum absolute atomic E-state index is 0.201. The second-order valence-corrected chi connectivity index (χ2v) is 4.74. The summed E-state index contributed by atoms with van der Waals surface area (Å²) in [6, 6.07) is 3.13. The third-order valence-corrected chi connectivity index (χ3v) is 3.07. The van der Waals surface area contributed by atoms with Crippen molar-refractivity contribution in [2.24, 2.45) is 5.73 Å². The van der Waals surface area contributed by atoms with Crippen molar-refractivity contribution in [3.63, 3.8) is 0 Å². The van der Waals surface area contributed by atoms with E-state index in [4.69, 9.17) is 18.0 Å². The number of carbonyl (C=O) groups excluding carboxylic acids is 1. The fourth-order valence-corrected chi connectivity index (χ4v) is 1.44. The van der Waals surface area contributed by atoms with Crippen LogP contribution in [0, 0.1) is 0 Å². The molecule has 0 saturated carbocycles. The first kappa shape index (κ1) is 13.1. The SMILES string of the molecule is CC(C(N)=S)N(C)C(=O)c1ccc(Br)cn1. The lowest BCUT2D eigenvalue weighted by Crippen LogP contribution is -2.43. The molecule has 1 heterocycles. The molecule has 0 spiro atoms. The molecule has 86 valence electrons. The average Bonchev–Trinajstić information content (AvgIpc) is 2.27. The minimum Gasteiger partial charge on any atom is -0.392 e. The predicted molar refractivity (Wildman–Crippen MR) is 70.3 cm³/mol. The molecule has 1 amide bonds. The average molecular weight is 302 g/mol. The van der Waals surface area contributed by atoms with Gasteiger partial charge in [-0.2, -0.15) is 0 Å². The second kappa shape index (κ2) is 5.36. The standard InChI is InChI=1S/C10H12BrN3OS/c1-6(9(12)16)14(2)10(15)8-4-3-7(11)5-13-8/h3-6H,1-2H3,(H2,12,16). The van der Waals surface area contributed by atoms with Crippen molar-refractivity contribution in [1.29, 1.82) is 0 Å². The van der Waals surface area contributed by atoms with E-state index in [1.54, 1.807) is 32.3 Å². The normalized spacial score (nSPS) is 11.9. The first-order valence-corrected chi connectivity index (χ1v) is 5.81. The van der Waals surface area contributed by atoms with Gasteiger partial charge in [0.15, 0.2) is 0 Å². The number of amides is 1. The zero-order chi connectivity index (χ0) is 12.3. The van der Waals surface area contributed by atoms with Gasteiger partial charge in [-0.15, -0.1) is 0 Å². The van der Waals surface area contributed by atoms with Gasteiger partial charge >= 0.3 is 0 Å². The van der Waals surface area contributed by atoms with Crippen LogP contribution < -0.4 is 5.73 Å². The first-order valence-electron chi connectivity index (χ1n) is 4.61. The van der Waals surface area contributed by atoms with E-state index in [-0.39, 0.29) is 16.9 Å². The third-order valence-electron chi connectivity index (χ3n) is 2.26. The largest absolute Gasteiger partial charge is 0.392 e. The molecule has 0 fully saturated rings. The summed E-state index contributed by atoms with van der Waals surface area (Å²) < 4.78 is 0.828. The monoisotopic (exact) mass is 301 g/mol. The zero-order valence-corrected chi connectivity index (χ0v) is 11.4. The van der Waals surface area contributed by atoms with Gasteiger partial charge < -0.3 is 10.6 Å². The van der Waals surface area contributed by atoms with E-state index in [0.717, 1.165) is 4.47 Å². The summed E-state index contributed by atoms with van der Waals surface area (Å²) in [7, 11) is 1.65. The number of hydrogen-bond donors (Lipinski definition) is 1. The Hall–Kier alpha value is -1.01. The molecule has 2 N–H and O–H groups in total. The maximum atomic E-state index is 11.9. The van der Waals surface area contributed by atoms with Crippen molar-refractivity contribution in [2.45, 2.75) is 13.0 Å². The predicted octanol–water partition coefficient (Wildman–Crippen LogP) is 1.59. The molecule has 0 aromatic carbocycles. The van der Waals surface area contributed by atoms with Crippen LogP contribution in [0.3, 0.4) is 0 Å². The van der Waals surface area contributed by atoms with Crippen molar-refractivity contribution in [2.75, 3.05) is 7.05 Å². The number of thiocarbonyl (C=S) groups is 1. The number of halogens is 1. The van der Waals surface area contributed by atoms with E-state index in [9.17, 15) is 4.79 Å². The summed E-state index contributed by atoms with van der Waals surface area (Å²) in [6.45, 7) is 1.78. The van der Waals surface area contributed by atoms with Crippen LogP contribution in [-0.4, -0.2) is 33.9 Å². The number of nitrogens with two attached hydrogens (primary N) is 1. The lowest BCUT2D eigenvalue weighted by molar-refractivity contribution is 0.0773. The molecule has 1 aromatic rings. The summed E-state index contributed by atoms with van der Waals surface area (Å²) in [5, 5.41) is 0. The fourth-order valence-electron chi connectivity index (χ4n) is 1.05. The van der Waals surface area contributed by atoms with Crippen LogP contribution in [0.5, 0.6) is 0 Å². The van der Waals surface area contributed by atoms with E-state index in [1.165, 1.54) is 4.90 Å². The van der Waals surface area contributed by atoms with E-state index >= 15 is 0 Å². The summed E-state index contributed by atoms with van der Waals surface area (Å²) in [4.78, 5) is 17.7. The van der Waals surface area contributed by atoms with E-state index in [1.807, 2.05) is 0 Å². The van der Waals surface area contributed by atoms with Crippen LogP contribution >= 0.6 is 28.1 Å². The highest BCUT2D eigenvalue weighted by Gasteiger charge is 2.19. The summed E-state index contributed by atoms with van der Waals surface area (Å²) in [5.74, 6) is -0.201. The van der Waals surface area contributed by atoms with Crippen LogP contribution in [0.1, 0.15) is 17.4 Å². The topological polar surface area (TPSA) is 59.2 Å². The lowest BCUT2D eigenvalue weighted by atomic mass is 10.2. The quantitative estimate of drug-likeness (QED) is 0.862. The Balaban J connectivity index is 2.86. The van der Waals surface area contributed by atoms with Crippen molar-refractivity contribution in [3.8, 4) is 0 Å². The molecule has 0 aliphatic carbocycles. The number of carbonyl (C=O) groups is 1. The zero-order valence-electron chi connectivity index (χ0n) is 8.98. The third kappa shape index (κ3) is 2.99. The molecule has 0 aliphatic heterocycles. The Morgan fingerprint density at radius 2 is 2.25 bits per heavy atom. The van der Waals surface area contributed by atoms with Crippen molar-refractivity contribution < 1.29 is 4.79 Å². The summed E-state index contributed by atoms with van der Waals surface area (Å²) in [6.07, 6.45) is 1.58. The molecular formula is C10H12BrN3OS. The summed E-state index contributed by atoms with van der Waals surface area (Å²) in [5.41, 5.74) is 5.86. The first-order chi connectivity index (χ1) is 7.43. The number of nitrogens with zero attached hydrogens (tertiary/aromatic N) is 2. The highest BCUT2D eigenvalue weighted by atomic mass is 79.9. The van der Waals surface area contributed by atoms with Gasteiger partial charge in [-0.25, -0.2) is 4.98 Å². The van der Waals surface area contributed by atoms with Gasteiger partial charge in [-0.05, 0) is 35.0 Å². The lowest BCUT2D eigenvalue weighted by Gasteiger charge is -2.23. The fraction of sp³-hybridized carbons (Fsp3) is 0.300. The number of aromatic nitrogens is 1. The Kier molecular flexibility index (Phi) is 4.37. The molecule has 1 atom stereocenters. The van der Waals surface area contributed by atoms with Gasteiger partial charge in [0.25, 0.3) is 5.91 Å².